The van der Waals surface area contributed by atoms with Gasteiger partial charge in [-0.2, -0.15) is 0 Å². The smallest absolute Gasteiger partial charge is 0.0178 e. The lowest BCUT2D eigenvalue weighted by Crippen LogP contribution is -1.74. The summed E-state index contributed by atoms with van der Waals surface area (Å²) in [6.07, 6.45) is 8.39. The van der Waals surface area contributed by atoms with Gasteiger partial charge < -0.3 is 0 Å². The fraction of sp³-hybridized carbons (Fsp3) is 0. The van der Waals surface area contributed by atoms with Gasteiger partial charge in [0.05, 0.1) is 0 Å². The van der Waals surface area contributed by atoms with Crippen LogP contribution in [0.3, 0.4) is 0 Å². The standard InChI is InChI=1S/C20H16/c1-2-8-17(9-3-1)10-4-5-11-18-14-15-19-12-6-7-13-20(19)16-18/h1-16H/b10-4-,11-5+. The maximum absolute atomic E-state index is 2.21. The number of allylic oxidation sites excluding steroid dienone is 2. The van der Waals surface area contributed by atoms with Gasteiger partial charge in [0.2, 0.25) is 0 Å². The van der Waals surface area contributed by atoms with Crippen molar-refractivity contribution in [2.24, 2.45) is 0 Å². The third-order valence-corrected chi connectivity index (χ3v) is 3.26. The van der Waals surface area contributed by atoms with E-state index in [1.54, 1.807) is 0 Å². The van der Waals surface area contributed by atoms with Gasteiger partial charge in [0.15, 0.2) is 0 Å². The zero-order valence-corrected chi connectivity index (χ0v) is 11.2. The van der Waals surface area contributed by atoms with Crippen molar-refractivity contribution in [3.8, 4) is 0 Å². The monoisotopic (exact) mass is 256 g/mol. The molecule has 96 valence electrons. The van der Waals surface area contributed by atoms with Crippen molar-refractivity contribution in [3.63, 3.8) is 0 Å². The Balaban J connectivity index is 1.76. The Bertz CT molecular complexity index is 749. The summed E-state index contributed by atoms with van der Waals surface area (Å²) in [5.74, 6) is 0. The van der Waals surface area contributed by atoms with Gasteiger partial charge in [0.1, 0.15) is 0 Å². The molecule has 0 aliphatic rings. The molecule has 0 heterocycles. The predicted molar refractivity (Wildman–Crippen MR) is 88.5 cm³/mol. The van der Waals surface area contributed by atoms with E-state index in [1.165, 1.54) is 21.9 Å². The molecule has 3 aromatic rings. The highest BCUT2D eigenvalue weighted by molar-refractivity contribution is 5.84. The van der Waals surface area contributed by atoms with E-state index in [2.05, 4.69) is 78.9 Å². The van der Waals surface area contributed by atoms with Gasteiger partial charge in [0.25, 0.3) is 0 Å². The van der Waals surface area contributed by atoms with Crippen LogP contribution in [0.5, 0.6) is 0 Å². The first-order chi connectivity index (χ1) is 9.92. The average molecular weight is 256 g/mol. The van der Waals surface area contributed by atoms with Crippen molar-refractivity contribution < 1.29 is 0 Å². The van der Waals surface area contributed by atoms with Gasteiger partial charge in [-0.15, -0.1) is 0 Å². The molecule has 0 aromatic heterocycles. The van der Waals surface area contributed by atoms with Crippen LogP contribution in [0.2, 0.25) is 0 Å². The van der Waals surface area contributed by atoms with E-state index >= 15 is 0 Å². The Morgan fingerprint density at radius 1 is 0.500 bits per heavy atom. The zero-order chi connectivity index (χ0) is 13.6. The normalized spacial score (nSPS) is 11.6. The summed E-state index contributed by atoms with van der Waals surface area (Å²) in [5.41, 5.74) is 2.44. The van der Waals surface area contributed by atoms with Gasteiger partial charge in [-0.1, -0.05) is 91.0 Å². The van der Waals surface area contributed by atoms with Crippen molar-refractivity contribution in [2.75, 3.05) is 0 Å². The quantitative estimate of drug-likeness (QED) is 0.538. The van der Waals surface area contributed by atoms with Crippen LogP contribution >= 0.6 is 0 Å². The Morgan fingerprint density at radius 2 is 1.15 bits per heavy atom. The van der Waals surface area contributed by atoms with Crippen molar-refractivity contribution >= 4 is 22.9 Å². The molecule has 0 bridgehead atoms. The summed E-state index contributed by atoms with van der Waals surface area (Å²) in [4.78, 5) is 0. The van der Waals surface area contributed by atoms with Gasteiger partial charge >= 0.3 is 0 Å². The molecule has 0 amide bonds. The van der Waals surface area contributed by atoms with Crippen LogP contribution in [0.1, 0.15) is 11.1 Å². The Labute approximate surface area is 119 Å². The molecule has 0 heteroatoms. The average Bonchev–Trinajstić information content (AvgIpc) is 2.52. The second-order valence-electron chi connectivity index (χ2n) is 4.74. The van der Waals surface area contributed by atoms with Crippen LogP contribution in [0.25, 0.3) is 22.9 Å². The minimum Gasteiger partial charge on any atom is -0.0622 e. The van der Waals surface area contributed by atoms with E-state index in [-0.39, 0.29) is 0 Å². The number of hydrogen-bond acceptors (Lipinski definition) is 0. The van der Waals surface area contributed by atoms with Crippen LogP contribution in [0, 0.1) is 0 Å². The van der Waals surface area contributed by atoms with Crippen molar-refractivity contribution in [1.82, 2.24) is 0 Å². The molecule has 0 unspecified atom stereocenters. The molecule has 0 saturated carbocycles. The highest BCUT2D eigenvalue weighted by Gasteiger charge is 1.91. The predicted octanol–water partition coefficient (Wildman–Crippen LogP) is 5.57. The van der Waals surface area contributed by atoms with E-state index in [4.69, 9.17) is 0 Å². The van der Waals surface area contributed by atoms with Crippen LogP contribution in [-0.2, 0) is 0 Å². The first-order valence-electron chi connectivity index (χ1n) is 6.80. The lowest BCUT2D eigenvalue weighted by atomic mass is 10.1. The van der Waals surface area contributed by atoms with Crippen LogP contribution in [0.15, 0.2) is 84.9 Å². The summed E-state index contributed by atoms with van der Waals surface area (Å²) in [6, 6.07) is 25.3. The molecule has 20 heavy (non-hydrogen) atoms. The van der Waals surface area contributed by atoms with Crippen LogP contribution in [0.4, 0.5) is 0 Å². The third-order valence-electron chi connectivity index (χ3n) is 3.26. The highest BCUT2D eigenvalue weighted by atomic mass is 14.0. The third kappa shape index (κ3) is 3.04. The molecule has 0 N–H and O–H groups in total. The summed E-state index contributed by atoms with van der Waals surface area (Å²) < 4.78 is 0. The topological polar surface area (TPSA) is 0 Å². The van der Waals surface area contributed by atoms with E-state index in [1.807, 2.05) is 18.2 Å². The maximum Gasteiger partial charge on any atom is -0.0178 e. The van der Waals surface area contributed by atoms with E-state index in [0.717, 1.165) is 0 Å². The number of hydrogen-bond donors (Lipinski definition) is 0. The van der Waals surface area contributed by atoms with E-state index in [0.29, 0.717) is 0 Å². The number of benzene rings is 3. The second kappa shape index (κ2) is 6.03. The maximum atomic E-state index is 2.21. The molecular formula is C20H16. The fourth-order valence-electron chi connectivity index (χ4n) is 2.21. The van der Waals surface area contributed by atoms with Gasteiger partial charge in [0, 0.05) is 0 Å². The van der Waals surface area contributed by atoms with E-state index in [9.17, 15) is 0 Å². The lowest BCUT2D eigenvalue weighted by molar-refractivity contribution is 1.66. The summed E-state index contributed by atoms with van der Waals surface area (Å²) in [6.45, 7) is 0. The van der Waals surface area contributed by atoms with Gasteiger partial charge in [-0.25, -0.2) is 0 Å². The van der Waals surface area contributed by atoms with Crippen molar-refractivity contribution in [2.45, 2.75) is 0 Å². The summed E-state index contributed by atoms with van der Waals surface area (Å²) in [5, 5.41) is 2.56. The minimum absolute atomic E-state index is 1.22. The molecule has 3 rings (SSSR count). The molecule has 0 atom stereocenters. The van der Waals surface area contributed by atoms with Crippen LogP contribution in [-0.4, -0.2) is 0 Å². The molecule has 0 aliphatic carbocycles. The van der Waals surface area contributed by atoms with Crippen molar-refractivity contribution in [3.05, 3.63) is 96.1 Å². The molecule has 0 nitrogen and oxygen atoms in total. The number of fused-ring (bicyclic) bond motifs is 1. The molecule has 0 saturated heterocycles. The molecule has 0 aliphatic heterocycles. The van der Waals surface area contributed by atoms with Crippen molar-refractivity contribution in [1.29, 1.82) is 0 Å². The highest BCUT2D eigenvalue weighted by Crippen LogP contribution is 2.16. The number of rotatable bonds is 3. The first-order valence-corrected chi connectivity index (χ1v) is 6.80. The Morgan fingerprint density at radius 3 is 1.95 bits per heavy atom. The van der Waals surface area contributed by atoms with Gasteiger partial charge in [-0.3, -0.25) is 0 Å². The van der Waals surface area contributed by atoms with E-state index < -0.39 is 0 Å². The fourth-order valence-corrected chi connectivity index (χ4v) is 2.21. The Kier molecular flexibility index (Phi) is 3.75. The Hall–Kier alpha value is -2.60. The summed E-state index contributed by atoms with van der Waals surface area (Å²) in [7, 11) is 0. The van der Waals surface area contributed by atoms with Gasteiger partial charge in [-0.05, 0) is 28.0 Å². The zero-order valence-electron chi connectivity index (χ0n) is 11.2. The molecule has 0 radical (unpaired) electrons. The second-order valence-corrected chi connectivity index (χ2v) is 4.74. The SMILES string of the molecule is C(=C/c1ccccc1)/C=C/c1ccc2ccccc2c1. The lowest BCUT2D eigenvalue weighted by Gasteiger charge is -1.98. The molecular weight excluding hydrogens is 240 g/mol. The first kappa shape index (κ1) is 12.4. The minimum atomic E-state index is 1.22. The summed E-state index contributed by atoms with van der Waals surface area (Å²) >= 11 is 0. The largest absolute Gasteiger partial charge is 0.0622 e. The molecule has 3 aromatic carbocycles. The molecule has 0 fully saturated rings. The molecule has 0 spiro atoms. The van der Waals surface area contributed by atoms with Crippen LogP contribution < -0.4 is 0 Å².